The Morgan fingerprint density at radius 2 is 1.83 bits per heavy atom. The van der Waals surface area contributed by atoms with Crippen LogP contribution < -0.4 is 0 Å². The first-order valence-corrected chi connectivity index (χ1v) is 7.37. The van der Waals surface area contributed by atoms with Crippen LogP contribution in [0.5, 0.6) is 0 Å². The molecule has 0 bridgehead atoms. The summed E-state index contributed by atoms with van der Waals surface area (Å²) in [7, 11) is 1.36. The number of imide groups is 2. The van der Waals surface area contributed by atoms with Gasteiger partial charge in [0.15, 0.2) is 6.61 Å². The summed E-state index contributed by atoms with van der Waals surface area (Å²) < 4.78 is 4.91. The van der Waals surface area contributed by atoms with Gasteiger partial charge in [-0.3, -0.25) is 29.0 Å². The van der Waals surface area contributed by atoms with Crippen LogP contribution in [0.3, 0.4) is 0 Å². The van der Waals surface area contributed by atoms with Gasteiger partial charge in [0.25, 0.3) is 17.7 Å². The van der Waals surface area contributed by atoms with Gasteiger partial charge in [0, 0.05) is 20.0 Å². The molecule has 0 radical (unpaired) electrons. The summed E-state index contributed by atoms with van der Waals surface area (Å²) in [6.45, 7) is -0.217. The van der Waals surface area contributed by atoms with Gasteiger partial charge in [-0.25, -0.2) is 4.79 Å². The Kier molecular flexibility index (Phi) is 3.88. The Balaban J connectivity index is 1.68. The largest absolute Gasteiger partial charge is 0.452 e. The molecule has 2 aliphatic rings. The summed E-state index contributed by atoms with van der Waals surface area (Å²) in [4.78, 5) is 61.0. The maximum Gasteiger partial charge on any atom is 0.338 e. The smallest absolute Gasteiger partial charge is 0.338 e. The minimum Gasteiger partial charge on any atom is -0.452 e. The van der Waals surface area contributed by atoms with Gasteiger partial charge in [0.2, 0.25) is 5.91 Å². The van der Waals surface area contributed by atoms with Crippen molar-refractivity contribution in [2.45, 2.75) is 12.8 Å². The van der Waals surface area contributed by atoms with Crippen LogP contribution in [0.15, 0.2) is 18.2 Å². The van der Waals surface area contributed by atoms with Crippen LogP contribution in [0.25, 0.3) is 0 Å². The van der Waals surface area contributed by atoms with Gasteiger partial charge >= 0.3 is 5.97 Å². The maximum absolute atomic E-state index is 12.0. The predicted octanol–water partition coefficient (Wildman–Crippen LogP) is 0.218. The summed E-state index contributed by atoms with van der Waals surface area (Å²) in [6, 6.07) is 4.01. The minimum atomic E-state index is -0.799. The van der Waals surface area contributed by atoms with Crippen LogP contribution in [0.2, 0.25) is 0 Å². The molecular weight excluding hydrogens is 316 g/mol. The number of hydrogen-bond acceptors (Lipinski definition) is 6. The second-order valence-corrected chi connectivity index (χ2v) is 5.55. The van der Waals surface area contributed by atoms with Crippen molar-refractivity contribution in [3.8, 4) is 0 Å². The molecule has 124 valence electrons. The van der Waals surface area contributed by atoms with E-state index in [9.17, 15) is 24.0 Å². The lowest BCUT2D eigenvalue weighted by atomic mass is 10.1. The van der Waals surface area contributed by atoms with E-state index >= 15 is 0 Å². The third-order valence-corrected chi connectivity index (χ3v) is 4.03. The van der Waals surface area contributed by atoms with Crippen molar-refractivity contribution in [3.63, 3.8) is 0 Å². The molecule has 24 heavy (non-hydrogen) atoms. The van der Waals surface area contributed by atoms with Crippen LogP contribution in [-0.4, -0.2) is 59.6 Å². The van der Waals surface area contributed by atoms with E-state index in [1.165, 1.54) is 25.2 Å². The van der Waals surface area contributed by atoms with E-state index in [4.69, 9.17) is 4.74 Å². The summed E-state index contributed by atoms with van der Waals surface area (Å²) in [5, 5.41) is 0. The molecule has 8 heteroatoms. The van der Waals surface area contributed by atoms with Gasteiger partial charge in [-0.1, -0.05) is 0 Å². The number of nitrogens with zero attached hydrogens (tertiary/aromatic N) is 2. The topological polar surface area (TPSA) is 101 Å². The highest BCUT2D eigenvalue weighted by molar-refractivity contribution is 6.21. The number of fused-ring (bicyclic) bond motifs is 1. The number of carbonyl (C=O) groups is 5. The van der Waals surface area contributed by atoms with Gasteiger partial charge in [-0.15, -0.1) is 0 Å². The normalized spacial score (nSPS) is 16.6. The average Bonchev–Trinajstić information content (AvgIpc) is 3.10. The van der Waals surface area contributed by atoms with Crippen LogP contribution in [0.4, 0.5) is 0 Å². The lowest BCUT2D eigenvalue weighted by molar-refractivity contribution is -0.143. The number of likely N-dealkylation sites (tertiary alicyclic amines) is 1. The van der Waals surface area contributed by atoms with Crippen molar-refractivity contribution in [1.82, 2.24) is 9.80 Å². The van der Waals surface area contributed by atoms with E-state index in [1.54, 1.807) is 0 Å². The van der Waals surface area contributed by atoms with E-state index in [-0.39, 0.29) is 22.6 Å². The summed E-state index contributed by atoms with van der Waals surface area (Å²) in [5.41, 5.74) is 0.404. The van der Waals surface area contributed by atoms with Crippen LogP contribution in [-0.2, 0) is 14.3 Å². The van der Waals surface area contributed by atoms with Crippen molar-refractivity contribution in [1.29, 1.82) is 0 Å². The van der Waals surface area contributed by atoms with Crippen LogP contribution >= 0.6 is 0 Å². The fourth-order valence-electron chi connectivity index (χ4n) is 2.69. The van der Waals surface area contributed by atoms with Gasteiger partial charge in [-0.2, -0.15) is 0 Å². The van der Waals surface area contributed by atoms with E-state index in [0.29, 0.717) is 19.4 Å². The zero-order valence-corrected chi connectivity index (χ0v) is 12.9. The molecule has 0 unspecified atom stereocenters. The van der Waals surface area contributed by atoms with Gasteiger partial charge in [0.1, 0.15) is 0 Å². The van der Waals surface area contributed by atoms with Gasteiger partial charge < -0.3 is 4.74 Å². The van der Waals surface area contributed by atoms with Crippen LogP contribution in [0, 0.1) is 0 Å². The summed E-state index contributed by atoms with van der Waals surface area (Å²) >= 11 is 0. The molecule has 0 aromatic heterocycles. The summed E-state index contributed by atoms with van der Waals surface area (Å²) in [5.74, 6) is -2.58. The number of rotatable bonds is 3. The van der Waals surface area contributed by atoms with Crippen LogP contribution in [0.1, 0.15) is 43.9 Å². The minimum absolute atomic E-state index is 0.0609. The summed E-state index contributed by atoms with van der Waals surface area (Å²) in [6.07, 6.45) is 0.918. The van der Waals surface area contributed by atoms with E-state index in [0.717, 1.165) is 9.80 Å². The Labute approximate surface area is 137 Å². The predicted molar refractivity (Wildman–Crippen MR) is 79.1 cm³/mol. The molecule has 0 N–H and O–H groups in total. The molecule has 2 aliphatic heterocycles. The average molecular weight is 330 g/mol. The molecule has 0 aliphatic carbocycles. The number of carbonyl (C=O) groups excluding carboxylic acids is 5. The molecule has 0 spiro atoms. The standard InChI is InChI=1S/C16H14N2O6/c1-17-14(21)10-5-4-9(7-11(10)15(17)22)16(23)24-8-13(20)18-6-2-3-12(18)19/h4-5,7H,2-3,6,8H2,1H3. The van der Waals surface area contributed by atoms with E-state index < -0.39 is 30.3 Å². The third-order valence-electron chi connectivity index (χ3n) is 4.03. The molecule has 1 aromatic carbocycles. The quantitative estimate of drug-likeness (QED) is 0.580. The molecule has 0 saturated carbocycles. The number of ether oxygens (including phenoxy) is 1. The Bertz CT molecular complexity index is 785. The second-order valence-electron chi connectivity index (χ2n) is 5.55. The van der Waals surface area contributed by atoms with Crippen molar-refractivity contribution < 1.29 is 28.7 Å². The molecule has 1 saturated heterocycles. The SMILES string of the molecule is CN1C(=O)c2ccc(C(=O)OCC(=O)N3CCCC3=O)cc2C1=O. The van der Waals surface area contributed by atoms with Crippen molar-refractivity contribution in [3.05, 3.63) is 34.9 Å². The van der Waals surface area contributed by atoms with Gasteiger partial charge in [0.05, 0.1) is 16.7 Å². The maximum atomic E-state index is 12.0. The lowest BCUT2D eigenvalue weighted by Gasteiger charge is -2.13. The monoisotopic (exact) mass is 330 g/mol. The molecule has 4 amide bonds. The molecular formula is C16H14N2O6. The van der Waals surface area contributed by atoms with Crippen molar-refractivity contribution in [2.24, 2.45) is 0 Å². The number of hydrogen-bond donors (Lipinski definition) is 0. The third kappa shape index (κ3) is 2.55. The first-order chi connectivity index (χ1) is 11.4. The molecule has 1 aromatic rings. The fourth-order valence-corrected chi connectivity index (χ4v) is 2.69. The molecule has 3 rings (SSSR count). The fraction of sp³-hybridized carbons (Fsp3) is 0.312. The van der Waals surface area contributed by atoms with E-state index in [1.807, 2.05) is 0 Å². The molecule has 2 heterocycles. The Hall–Kier alpha value is -3.03. The zero-order chi connectivity index (χ0) is 17.4. The number of benzene rings is 1. The van der Waals surface area contributed by atoms with E-state index in [2.05, 4.69) is 0 Å². The highest BCUT2D eigenvalue weighted by atomic mass is 16.5. The molecule has 0 atom stereocenters. The Morgan fingerprint density at radius 1 is 1.12 bits per heavy atom. The first-order valence-electron chi connectivity index (χ1n) is 7.37. The Morgan fingerprint density at radius 3 is 2.50 bits per heavy atom. The first kappa shape index (κ1) is 15.9. The lowest BCUT2D eigenvalue weighted by Crippen LogP contribution is -2.35. The molecule has 8 nitrogen and oxygen atoms in total. The highest BCUT2D eigenvalue weighted by Gasteiger charge is 2.33. The molecule has 1 fully saturated rings. The second kappa shape index (κ2) is 5.88. The zero-order valence-electron chi connectivity index (χ0n) is 12.9. The van der Waals surface area contributed by atoms with Crippen molar-refractivity contribution >= 4 is 29.6 Å². The van der Waals surface area contributed by atoms with Gasteiger partial charge in [-0.05, 0) is 24.6 Å². The number of esters is 1. The van der Waals surface area contributed by atoms with Crippen molar-refractivity contribution in [2.75, 3.05) is 20.2 Å². The highest BCUT2D eigenvalue weighted by Crippen LogP contribution is 2.23. The number of amides is 4.